The third-order valence-electron chi connectivity index (χ3n) is 4.12. The standard InChI is InChI=1S/C20H28F3N3O2.HI/c1-2-24-19(25-10-7-16-8-11-27-12-9-16)26-13-17-3-5-18(6-4-17)14-28-15-20(21,22)23;/h3-6,8H,2,7,9-15H2,1H3,(H2,24,25,26);1H. The summed E-state index contributed by atoms with van der Waals surface area (Å²) in [4.78, 5) is 4.56. The van der Waals surface area contributed by atoms with Gasteiger partial charge in [0, 0.05) is 13.1 Å². The summed E-state index contributed by atoms with van der Waals surface area (Å²) in [5.74, 6) is 0.743. The lowest BCUT2D eigenvalue weighted by molar-refractivity contribution is -0.176. The van der Waals surface area contributed by atoms with E-state index in [2.05, 4.69) is 26.4 Å². The van der Waals surface area contributed by atoms with Crippen LogP contribution in [-0.4, -0.2) is 45.0 Å². The molecule has 0 bridgehead atoms. The maximum absolute atomic E-state index is 12.1. The van der Waals surface area contributed by atoms with Crippen LogP contribution in [0.3, 0.4) is 0 Å². The van der Waals surface area contributed by atoms with Crippen molar-refractivity contribution in [2.75, 3.05) is 32.9 Å². The number of ether oxygens (including phenoxy) is 2. The van der Waals surface area contributed by atoms with Crippen LogP contribution in [0.15, 0.2) is 40.9 Å². The van der Waals surface area contributed by atoms with Crippen LogP contribution in [0.5, 0.6) is 0 Å². The largest absolute Gasteiger partial charge is 0.411 e. The molecule has 0 aromatic heterocycles. The van der Waals surface area contributed by atoms with Crippen LogP contribution >= 0.6 is 24.0 Å². The quantitative estimate of drug-likeness (QED) is 0.219. The Kier molecular flexibility index (Phi) is 12.2. The Morgan fingerprint density at radius 3 is 2.52 bits per heavy atom. The van der Waals surface area contributed by atoms with E-state index in [-0.39, 0.29) is 30.6 Å². The second-order valence-electron chi connectivity index (χ2n) is 6.48. The first kappa shape index (κ1) is 25.7. The Labute approximate surface area is 187 Å². The fourth-order valence-electron chi connectivity index (χ4n) is 2.67. The number of hydrogen-bond donors (Lipinski definition) is 2. The van der Waals surface area contributed by atoms with Gasteiger partial charge in [-0.1, -0.05) is 35.9 Å². The summed E-state index contributed by atoms with van der Waals surface area (Å²) in [7, 11) is 0. The summed E-state index contributed by atoms with van der Waals surface area (Å²) in [6.45, 7) is 4.24. The van der Waals surface area contributed by atoms with Gasteiger partial charge in [-0.15, -0.1) is 24.0 Å². The number of guanidine groups is 1. The summed E-state index contributed by atoms with van der Waals surface area (Å²) in [5.41, 5.74) is 3.08. The van der Waals surface area contributed by atoms with Gasteiger partial charge in [0.25, 0.3) is 0 Å². The van der Waals surface area contributed by atoms with Gasteiger partial charge >= 0.3 is 6.18 Å². The molecular formula is C20H29F3IN3O2. The predicted molar refractivity (Wildman–Crippen MR) is 119 cm³/mol. The molecule has 2 rings (SSSR count). The highest BCUT2D eigenvalue weighted by molar-refractivity contribution is 14.0. The molecule has 9 heteroatoms. The Bertz CT molecular complexity index is 649. The second-order valence-corrected chi connectivity index (χ2v) is 6.48. The topological polar surface area (TPSA) is 54.9 Å². The predicted octanol–water partition coefficient (Wildman–Crippen LogP) is 4.18. The molecule has 0 saturated carbocycles. The van der Waals surface area contributed by atoms with Crippen LogP contribution in [0, 0.1) is 0 Å². The first-order valence-electron chi connectivity index (χ1n) is 9.46. The van der Waals surface area contributed by atoms with Gasteiger partial charge in [0.1, 0.15) is 6.61 Å². The molecule has 0 aliphatic carbocycles. The number of aliphatic imine (C=N–C) groups is 1. The molecule has 1 aliphatic heterocycles. The number of halogens is 4. The van der Waals surface area contributed by atoms with E-state index in [0.29, 0.717) is 18.7 Å². The molecule has 1 aliphatic rings. The molecule has 0 radical (unpaired) electrons. The highest BCUT2D eigenvalue weighted by Crippen LogP contribution is 2.16. The van der Waals surface area contributed by atoms with E-state index in [0.717, 1.165) is 44.1 Å². The van der Waals surface area contributed by atoms with Crippen molar-refractivity contribution in [3.05, 3.63) is 47.0 Å². The zero-order valence-corrected chi connectivity index (χ0v) is 18.9. The van der Waals surface area contributed by atoms with E-state index in [9.17, 15) is 13.2 Å². The minimum Gasteiger partial charge on any atom is -0.377 e. The fourth-order valence-corrected chi connectivity index (χ4v) is 2.67. The zero-order valence-electron chi connectivity index (χ0n) is 16.6. The summed E-state index contributed by atoms with van der Waals surface area (Å²) < 4.78 is 46.3. The Morgan fingerprint density at radius 1 is 1.17 bits per heavy atom. The van der Waals surface area contributed by atoms with Gasteiger partial charge in [-0.3, -0.25) is 0 Å². The van der Waals surface area contributed by atoms with E-state index in [1.807, 2.05) is 19.1 Å². The summed E-state index contributed by atoms with van der Waals surface area (Å²) >= 11 is 0. The molecule has 0 saturated heterocycles. The monoisotopic (exact) mass is 527 g/mol. The van der Waals surface area contributed by atoms with E-state index < -0.39 is 12.8 Å². The molecule has 0 spiro atoms. The number of hydrogen-bond acceptors (Lipinski definition) is 3. The number of nitrogens with zero attached hydrogens (tertiary/aromatic N) is 1. The van der Waals surface area contributed by atoms with Crippen molar-refractivity contribution in [1.82, 2.24) is 10.6 Å². The third kappa shape index (κ3) is 11.4. The van der Waals surface area contributed by atoms with E-state index >= 15 is 0 Å². The first-order valence-corrected chi connectivity index (χ1v) is 9.46. The molecule has 29 heavy (non-hydrogen) atoms. The first-order chi connectivity index (χ1) is 13.5. The number of alkyl halides is 3. The van der Waals surface area contributed by atoms with Gasteiger partial charge in [-0.2, -0.15) is 13.2 Å². The minimum atomic E-state index is -4.30. The minimum absolute atomic E-state index is 0. The lowest BCUT2D eigenvalue weighted by Crippen LogP contribution is -2.38. The van der Waals surface area contributed by atoms with Crippen LogP contribution in [0.25, 0.3) is 0 Å². The average molecular weight is 527 g/mol. The normalized spacial score (nSPS) is 14.8. The van der Waals surface area contributed by atoms with Crippen LogP contribution in [-0.2, 0) is 22.6 Å². The highest BCUT2D eigenvalue weighted by Gasteiger charge is 2.27. The number of rotatable bonds is 9. The van der Waals surface area contributed by atoms with Crippen molar-refractivity contribution in [3.8, 4) is 0 Å². The lowest BCUT2D eigenvalue weighted by atomic mass is 10.1. The molecule has 2 N–H and O–H groups in total. The van der Waals surface area contributed by atoms with Crippen LogP contribution in [0.2, 0.25) is 0 Å². The molecule has 1 aromatic carbocycles. The van der Waals surface area contributed by atoms with Crippen LogP contribution in [0.1, 0.15) is 30.9 Å². The van der Waals surface area contributed by atoms with Gasteiger partial charge in [0.05, 0.1) is 26.4 Å². The summed E-state index contributed by atoms with van der Waals surface area (Å²) in [6.07, 6.45) is -0.227. The Balaban J connectivity index is 0.00000420. The van der Waals surface area contributed by atoms with E-state index in [1.165, 1.54) is 5.57 Å². The molecule has 1 heterocycles. The van der Waals surface area contributed by atoms with Gasteiger partial charge < -0.3 is 20.1 Å². The molecule has 0 fully saturated rings. The molecule has 5 nitrogen and oxygen atoms in total. The number of benzene rings is 1. The fraction of sp³-hybridized carbons (Fsp3) is 0.550. The van der Waals surface area contributed by atoms with Gasteiger partial charge in [0.15, 0.2) is 5.96 Å². The van der Waals surface area contributed by atoms with Crippen molar-refractivity contribution >= 4 is 29.9 Å². The van der Waals surface area contributed by atoms with Gasteiger partial charge in [0.2, 0.25) is 0 Å². The smallest absolute Gasteiger partial charge is 0.377 e. The molecule has 164 valence electrons. The summed E-state index contributed by atoms with van der Waals surface area (Å²) in [5, 5.41) is 6.53. The third-order valence-corrected chi connectivity index (χ3v) is 4.12. The number of nitrogens with one attached hydrogen (secondary N) is 2. The summed E-state index contributed by atoms with van der Waals surface area (Å²) in [6, 6.07) is 7.23. The van der Waals surface area contributed by atoms with Crippen LogP contribution in [0.4, 0.5) is 13.2 Å². The highest BCUT2D eigenvalue weighted by atomic mass is 127. The van der Waals surface area contributed by atoms with Crippen LogP contribution < -0.4 is 10.6 Å². The molecular weight excluding hydrogens is 498 g/mol. The van der Waals surface area contributed by atoms with Crippen molar-refractivity contribution in [1.29, 1.82) is 0 Å². The molecule has 0 amide bonds. The average Bonchev–Trinajstić information content (AvgIpc) is 2.67. The van der Waals surface area contributed by atoms with Crippen molar-refractivity contribution in [2.45, 2.75) is 39.1 Å². The van der Waals surface area contributed by atoms with Gasteiger partial charge in [-0.25, -0.2) is 4.99 Å². The SMILES string of the molecule is CCNC(=NCc1ccc(COCC(F)(F)F)cc1)NCCC1=CCOCC1.I. The van der Waals surface area contributed by atoms with Crippen molar-refractivity contribution in [3.63, 3.8) is 0 Å². The molecule has 0 unspecified atom stereocenters. The Morgan fingerprint density at radius 2 is 1.90 bits per heavy atom. The maximum Gasteiger partial charge on any atom is 0.411 e. The van der Waals surface area contributed by atoms with E-state index in [1.54, 1.807) is 12.1 Å². The maximum atomic E-state index is 12.1. The zero-order chi connectivity index (χ0) is 20.2. The second kappa shape index (κ2) is 13.8. The van der Waals surface area contributed by atoms with Gasteiger partial charge in [-0.05, 0) is 30.9 Å². The molecule has 0 atom stereocenters. The van der Waals surface area contributed by atoms with Crippen molar-refractivity contribution in [2.24, 2.45) is 4.99 Å². The van der Waals surface area contributed by atoms with E-state index in [4.69, 9.17) is 4.74 Å². The van der Waals surface area contributed by atoms with Crippen molar-refractivity contribution < 1.29 is 22.6 Å². The Hall–Kier alpha value is -1.33. The molecule has 1 aromatic rings. The lowest BCUT2D eigenvalue weighted by Gasteiger charge is -2.15.